The molecule has 1 heterocycles. The molecule has 0 aliphatic heterocycles. The third kappa shape index (κ3) is 2.37. The van der Waals surface area contributed by atoms with Crippen molar-refractivity contribution < 1.29 is 4.42 Å². The molecule has 2 nitrogen and oxygen atoms in total. The Morgan fingerprint density at radius 2 is 2.06 bits per heavy atom. The maximum atomic E-state index is 6.03. The molecule has 0 bridgehead atoms. The minimum Gasteiger partial charge on any atom is -0.459 e. The number of furan rings is 1. The highest BCUT2D eigenvalue weighted by atomic mass is 16.3. The Morgan fingerprint density at radius 1 is 1.24 bits per heavy atom. The molecular weight excluding hydrogens is 210 g/mol. The Hall–Kier alpha value is -1.28. The Bertz CT molecular complexity index is 487. The Labute approximate surface area is 103 Å². The summed E-state index contributed by atoms with van der Waals surface area (Å²) in [4.78, 5) is 0. The molecule has 1 unspecified atom stereocenters. The fraction of sp³-hybridized carbons (Fsp3) is 0.467. The minimum atomic E-state index is 0.331. The summed E-state index contributed by atoms with van der Waals surface area (Å²) >= 11 is 0. The normalized spacial score (nSPS) is 13.1. The molecule has 2 aromatic rings. The van der Waals surface area contributed by atoms with Crippen LogP contribution in [0.25, 0.3) is 11.0 Å². The molecule has 0 amide bonds. The summed E-state index contributed by atoms with van der Waals surface area (Å²) < 4.78 is 6.03. The van der Waals surface area contributed by atoms with Gasteiger partial charge in [-0.3, -0.25) is 0 Å². The van der Waals surface area contributed by atoms with Gasteiger partial charge in [-0.15, -0.1) is 0 Å². The van der Waals surface area contributed by atoms with Crippen molar-refractivity contribution in [3.63, 3.8) is 0 Å². The largest absolute Gasteiger partial charge is 0.459 e. The third-order valence-electron chi connectivity index (χ3n) is 3.23. The quantitative estimate of drug-likeness (QED) is 0.839. The molecule has 0 radical (unpaired) electrons. The number of hydrogen-bond acceptors (Lipinski definition) is 2. The molecule has 0 aliphatic rings. The van der Waals surface area contributed by atoms with Crippen molar-refractivity contribution in [2.24, 2.45) is 0 Å². The van der Waals surface area contributed by atoms with Gasteiger partial charge in [-0.05, 0) is 31.0 Å². The first-order valence-electron chi connectivity index (χ1n) is 6.54. The van der Waals surface area contributed by atoms with E-state index in [-0.39, 0.29) is 0 Å². The van der Waals surface area contributed by atoms with Crippen molar-refractivity contribution in [1.82, 2.24) is 5.32 Å². The summed E-state index contributed by atoms with van der Waals surface area (Å²) in [6.07, 6.45) is 2.07. The molecule has 0 spiro atoms. The van der Waals surface area contributed by atoms with Crippen molar-refractivity contribution in [1.29, 1.82) is 0 Å². The highest BCUT2D eigenvalue weighted by Crippen LogP contribution is 2.28. The minimum absolute atomic E-state index is 0.331. The molecule has 2 heteroatoms. The van der Waals surface area contributed by atoms with Crippen molar-refractivity contribution in [2.75, 3.05) is 6.54 Å². The molecule has 1 N–H and O–H groups in total. The van der Waals surface area contributed by atoms with E-state index in [4.69, 9.17) is 4.42 Å². The second-order valence-electron chi connectivity index (χ2n) is 4.36. The molecular formula is C15H21NO. The fourth-order valence-electron chi connectivity index (χ4n) is 2.29. The van der Waals surface area contributed by atoms with E-state index in [0.717, 1.165) is 30.7 Å². The standard InChI is InChI=1S/C15H21NO/c1-4-11-8-7-9-12-10-14(17-15(11)12)13(5-2)16-6-3/h7-10,13,16H,4-6H2,1-3H3. The van der Waals surface area contributed by atoms with Crippen LogP contribution >= 0.6 is 0 Å². The molecule has 2 rings (SSSR count). The average molecular weight is 231 g/mol. The summed E-state index contributed by atoms with van der Waals surface area (Å²) in [6.45, 7) is 7.44. The first kappa shape index (κ1) is 12.2. The van der Waals surface area contributed by atoms with Crippen LogP contribution in [0.4, 0.5) is 0 Å². The van der Waals surface area contributed by atoms with Crippen LogP contribution in [0.2, 0.25) is 0 Å². The van der Waals surface area contributed by atoms with Gasteiger partial charge in [-0.25, -0.2) is 0 Å². The van der Waals surface area contributed by atoms with Crippen LogP contribution in [0.5, 0.6) is 0 Å². The summed E-state index contributed by atoms with van der Waals surface area (Å²) in [5.74, 6) is 1.06. The topological polar surface area (TPSA) is 25.2 Å². The number of benzene rings is 1. The molecule has 1 atom stereocenters. The highest BCUT2D eigenvalue weighted by Gasteiger charge is 2.14. The summed E-state index contributed by atoms with van der Waals surface area (Å²) in [7, 11) is 0. The van der Waals surface area contributed by atoms with Gasteiger partial charge in [0.2, 0.25) is 0 Å². The van der Waals surface area contributed by atoms with Crippen molar-refractivity contribution in [2.45, 2.75) is 39.7 Å². The number of para-hydroxylation sites is 1. The zero-order valence-corrected chi connectivity index (χ0v) is 10.9. The van der Waals surface area contributed by atoms with E-state index in [0.29, 0.717) is 6.04 Å². The van der Waals surface area contributed by atoms with Gasteiger partial charge in [0, 0.05) is 5.39 Å². The highest BCUT2D eigenvalue weighted by molar-refractivity contribution is 5.81. The molecule has 1 aromatic heterocycles. The van der Waals surface area contributed by atoms with Gasteiger partial charge in [0.25, 0.3) is 0 Å². The number of aryl methyl sites for hydroxylation is 1. The fourth-order valence-corrected chi connectivity index (χ4v) is 2.29. The lowest BCUT2D eigenvalue weighted by Gasteiger charge is -2.12. The van der Waals surface area contributed by atoms with Gasteiger partial charge in [-0.2, -0.15) is 0 Å². The van der Waals surface area contributed by atoms with Gasteiger partial charge in [0.05, 0.1) is 6.04 Å². The predicted molar refractivity (Wildman–Crippen MR) is 72.3 cm³/mol. The lowest BCUT2D eigenvalue weighted by Crippen LogP contribution is -2.19. The second kappa shape index (κ2) is 5.37. The Morgan fingerprint density at radius 3 is 2.71 bits per heavy atom. The van der Waals surface area contributed by atoms with E-state index >= 15 is 0 Å². The smallest absolute Gasteiger partial charge is 0.137 e. The summed E-state index contributed by atoms with van der Waals surface area (Å²) in [5.41, 5.74) is 2.35. The van der Waals surface area contributed by atoms with Crippen molar-refractivity contribution in [3.05, 3.63) is 35.6 Å². The number of hydrogen-bond donors (Lipinski definition) is 1. The number of fused-ring (bicyclic) bond motifs is 1. The predicted octanol–water partition coefficient (Wildman–Crippen LogP) is 4.06. The maximum absolute atomic E-state index is 6.03. The lowest BCUT2D eigenvalue weighted by molar-refractivity contribution is 0.427. The van der Waals surface area contributed by atoms with E-state index in [1.165, 1.54) is 10.9 Å². The molecule has 0 aliphatic carbocycles. The maximum Gasteiger partial charge on any atom is 0.137 e. The van der Waals surface area contributed by atoms with Gasteiger partial charge in [0.1, 0.15) is 11.3 Å². The van der Waals surface area contributed by atoms with Crippen LogP contribution in [0.15, 0.2) is 28.7 Å². The first-order chi connectivity index (χ1) is 8.30. The SMILES string of the molecule is CCNC(CC)c1cc2cccc(CC)c2o1. The average Bonchev–Trinajstić information content (AvgIpc) is 2.79. The van der Waals surface area contributed by atoms with E-state index in [9.17, 15) is 0 Å². The molecule has 92 valence electrons. The molecule has 17 heavy (non-hydrogen) atoms. The summed E-state index contributed by atoms with van der Waals surface area (Å²) in [6, 6.07) is 8.88. The number of rotatable bonds is 5. The Balaban J connectivity index is 2.43. The first-order valence-corrected chi connectivity index (χ1v) is 6.54. The Kier molecular flexibility index (Phi) is 3.85. The molecule has 0 fully saturated rings. The monoisotopic (exact) mass is 231 g/mol. The third-order valence-corrected chi connectivity index (χ3v) is 3.23. The van der Waals surface area contributed by atoms with Gasteiger partial charge < -0.3 is 9.73 Å². The van der Waals surface area contributed by atoms with Crippen molar-refractivity contribution in [3.8, 4) is 0 Å². The number of nitrogens with one attached hydrogen (secondary N) is 1. The van der Waals surface area contributed by atoms with E-state index in [1.807, 2.05) is 0 Å². The molecule has 1 aromatic carbocycles. The zero-order chi connectivity index (χ0) is 12.3. The van der Waals surface area contributed by atoms with Crippen LogP contribution in [-0.4, -0.2) is 6.54 Å². The van der Waals surface area contributed by atoms with E-state index < -0.39 is 0 Å². The second-order valence-corrected chi connectivity index (χ2v) is 4.36. The van der Waals surface area contributed by atoms with Gasteiger partial charge in [0.15, 0.2) is 0 Å². The zero-order valence-electron chi connectivity index (χ0n) is 10.9. The lowest BCUT2D eigenvalue weighted by atomic mass is 10.1. The van der Waals surface area contributed by atoms with E-state index in [1.54, 1.807) is 0 Å². The molecule has 0 saturated heterocycles. The van der Waals surface area contributed by atoms with Gasteiger partial charge >= 0.3 is 0 Å². The van der Waals surface area contributed by atoms with Crippen LogP contribution < -0.4 is 5.32 Å². The van der Waals surface area contributed by atoms with Crippen LogP contribution in [0.1, 0.15) is 44.6 Å². The van der Waals surface area contributed by atoms with Gasteiger partial charge in [-0.1, -0.05) is 39.0 Å². The van der Waals surface area contributed by atoms with Crippen LogP contribution in [0.3, 0.4) is 0 Å². The van der Waals surface area contributed by atoms with Crippen molar-refractivity contribution >= 4 is 11.0 Å². The summed E-state index contributed by atoms with van der Waals surface area (Å²) in [5, 5.41) is 4.67. The van der Waals surface area contributed by atoms with Crippen LogP contribution in [-0.2, 0) is 6.42 Å². The van der Waals surface area contributed by atoms with Crippen LogP contribution in [0, 0.1) is 0 Å². The molecule has 0 saturated carbocycles. The van der Waals surface area contributed by atoms with E-state index in [2.05, 4.69) is 50.4 Å².